The number of hydrogen-bond acceptors (Lipinski definition) is 6. The first-order valence-electron chi connectivity index (χ1n) is 8.77. The van der Waals surface area contributed by atoms with Crippen LogP contribution < -0.4 is 5.32 Å². The first kappa shape index (κ1) is 21.5. The molecule has 1 aromatic heterocycles. The molecule has 0 unspecified atom stereocenters. The minimum Gasteiger partial charge on any atom is -0.452 e. The van der Waals surface area contributed by atoms with Crippen molar-refractivity contribution in [2.75, 3.05) is 25.0 Å². The van der Waals surface area contributed by atoms with E-state index in [-0.39, 0.29) is 10.5 Å². The maximum atomic E-state index is 12.7. The number of anilines is 1. The number of benzene rings is 1. The molecule has 0 aliphatic carbocycles. The highest BCUT2D eigenvalue weighted by atomic mass is 32.2. The van der Waals surface area contributed by atoms with Crippen LogP contribution in [-0.4, -0.2) is 49.3 Å². The largest absolute Gasteiger partial charge is 0.452 e. The maximum absolute atomic E-state index is 12.7. The zero-order valence-electron chi connectivity index (χ0n) is 16.0. The van der Waals surface area contributed by atoms with E-state index in [0.717, 1.165) is 0 Å². The number of rotatable bonds is 8. The molecule has 9 heteroatoms. The highest BCUT2D eigenvalue weighted by Crippen LogP contribution is 2.23. The van der Waals surface area contributed by atoms with Crippen molar-refractivity contribution in [1.82, 2.24) is 9.29 Å². The van der Waals surface area contributed by atoms with Crippen LogP contribution in [0.1, 0.15) is 29.8 Å². The highest BCUT2D eigenvalue weighted by Gasteiger charge is 2.22. The van der Waals surface area contributed by atoms with Crippen LogP contribution in [0.3, 0.4) is 0 Å². The molecule has 0 bridgehead atoms. The normalized spacial score (nSPS) is 11.3. The van der Waals surface area contributed by atoms with Gasteiger partial charge in [-0.15, -0.1) is 0 Å². The number of nitrogens with one attached hydrogen (secondary N) is 1. The average Bonchev–Trinajstić information content (AvgIpc) is 2.69. The number of pyridine rings is 1. The number of aromatic nitrogens is 1. The van der Waals surface area contributed by atoms with Crippen molar-refractivity contribution in [2.45, 2.75) is 25.7 Å². The Hall–Kier alpha value is -2.78. The van der Waals surface area contributed by atoms with Gasteiger partial charge in [-0.2, -0.15) is 4.31 Å². The van der Waals surface area contributed by atoms with Crippen molar-refractivity contribution in [3.05, 3.63) is 53.9 Å². The molecule has 0 atom stereocenters. The summed E-state index contributed by atoms with van der Waals surface area (Å²) in [5.41, 5.74) is 1.32. The molecule has 0 saturated heterocycles. The average molecular weight is 405 g/mol. The summed E-state index contributed by atoms with van der Waals surface area (Å²) in [6, 6.07) is 7.49. The Morgan fingerprint density at radius 3 is 2.36 bits per heavy atom. The Balaban J connectivity index is 2.09. The third kappa shape index (κ3) is 5.14. The van der Waals surface area contributed by atoms with Crippen LogP contribution in [0.5, 0.6) is 0 Å². The van der Waals surface area contributed by atoms with E-state index >= 15 is 0 Å². The summed E-state index contributed by atoms with van der Waals surface area (Å²) in [4.78, 5) is 27.9. The maximum Gasteiger partial charge on any atom is 0.338 e. The molecular formula is C19H23N3O5S. The molecule has 150 valence electrons. The Morgan fingerprint density at radius 1 is 1.11 bits per heavy atom. The van der Waals surface area contributed by atoms with Gasteiger partial charge in [0.25, 0.3) is 5.91 Å². The molecule has 0 saturated carbocycles. The summed E-state index contributed by atoms with van der Waals surface area (Å²) in [5, 5.41) is 2.59. The number of aryl methyl sites for hydroxylation is 1. The predicted octanol–water partition coefficient (Wildman–Crippen LogP) is 2.22. The van der Waals surface area contributed by atoms with Gasteiger partial charge in [0, 0.05) is 31.2 Å². The van der Waals surface area contributed by atoms with Crippen LogP contribution in [0.4, 0.5) is 5.69 Å². The number of carbonyl (C=O) groups is 2. The molecule has 0 aliphatic rings. The van der Waals surface area contributed by atoms with E-state index in [1.165, 1.54) is 41.0 Å². The lowest BCUT2D eigenvalue weighted by Gasteiger charge is -2.19. The fourth-order valence-electron chi connectivity index (χ4n) is 2.50. The van der Waals surface area contributed by atoms with Crippen molar-refractivity contribution < 1.29 is 22.7 Å². The molecule has 0 aliphatic heterocycles. The number of sulfonamides is 1. The van der Waals surface area contributed by atoms with Crippen molar-refractivity contribution in [3.63, 3.8) is 0 Å². The van der Waals surface area contributed by atoms with Crippen LogP contribution in [-0.2, 0) is 19.6 Å². The lowest BCUT2D eigenvalue weighted by Crippen LogP contribution is -2.30. The minimum atomic E-state index is -3.65. The molecule has 0 fully saturated rings. The summed E-state index contributed by atoms with van der Waals surface area (Å²) < 4.78 is 31.6. The van der Waals surface area contributed by atoms with Crippen LogP contribution >= 0.6 is 0 Å². The predicted molar refractivity (Wildman–Crippen MR) is 104 cm³/mol. The molecule has 1 heterocycles. The van der Waals surface area contributed by atoms with Gasteiger partial charge in [-0.3, -0.25) is 9.78 Å². The standard InChI is InChI=1S/C19H23N3O5S/c1-4-22(5-2)28(25,26)16-7-6-14(3)17(12-16)21-18(23)13-27-19(24)15-8-10-20-11-9-15/h6-12H,4-5,13H2,1-3H3,(H,21,23). The number of nitrogens with zero attached hydrogens (tertiary/aromatic N) is 2. The van der Waals surface area contributed by atoms with Gasteiger partial charge in [0.1, 0.15) is 0 Å². The van der Waals surface area contributed by atoms with Crippen molar-refractivity contribution in [2.24, 2.45) is 0 Å². The van der Waals surface area contributed by atoms with E-state index in [9.17, 15) is 18.0 Å². The van der Waals surface area contributed by atoms with E-state index < -0.39 is 28.5 Å². The van der Waals surface area contributed by atoms with E-state index in [0.29, 0.717) is 24.3 Å². The zero-order valence-corrected chi connectivity index (χ0v) is 16.8. The van der Waals surface area contributed by atoms with Crippen molar-refractivity contribution >= 4 is 27.6 Å². The molecule has 28 heavy (non-hydrogen) atoms. The molecule has 2 rings (SSSR count). The third-order valence-electron chi connectivity index (χ3n) is 4.08. The molecular weight excluding hydrogens is 382 g/mol. The molecule has 1 N–H and O–H groups in total. The Labute approximate surface area is 164 Å². The SMILES string of the molecule is CCN(CC)S(=O)(=O)c1ccc(C)c(NC(=O)COC(=O)c2ccncc2)c1. The number of amides is 1. The molecule has 1 amide bonds. The first-order chi connectivity index (χ1) is 13.3. The first-order valence-corrected chi connectivity index (χ1v) is 10.2. The lowest BCUT2D eigenvalue weighted by atomic mass is 10.2. The minimum absolute atomic E-state index is 0.0888. The topological polar surface area (TPSA) is 106 Å². The second-order valence-corrected chi connectivity index (χ2v) is 7.86. The van der Waals surface area contributed by atoms with Crippen LogP contribution in [0.25, 0.3) is 0 Å². The number of esters is 1. The van der Waals surface area contributed by atoms with E-state index in [4.69, 9.17) is 4.74 Å². The summed E-state index contributed by atoms with van der Waals surface area (Å²) in [6.45, 7) is 5.46. The monoisotopic (exact) mass is 405 g/mol. The highest BCUT2D eigenvalue weighted by molar-refractivity contribution is 7.89. The van der Waals surface area contributed by atoms with E-state index in [2.05, 4.69) is 10.3 Å². The number of ether oxygens (including phenoxy) is 1. The fraction of sp³-hybridized carbons (Fsp3) is 0.316. The zero-order chi connectivity index (χ0) is 20.7. The molecule has 2 aromatic rings. The Bertz CT molecular complexity index is 941. The van der Waals surface area contributed by atoms with Crippen LogP contribution in [0.15, 0.2) is 47.6 Å². The second kappa shape index (κ2) is 9.43. The summed E-state index contributed by atoms with van der Waals surface area (Å²) in [6.07, 6.45) is 2.89. The van der Waals surface area contributed by atoms with Gasteiger partial charge in [-0.05, 0) is 36.8 Å². The van der Waals surface area contributed by atoms with Gasteiger partial charge in [0.15, 0.2) is 6.61 Å². The van der Waals surface area contributed by atoms with Crippen molar-refractivity contribution in [3.8, 4) is 0 Å². The van der Waals surface area contributed by atoms with Crippen LogP contribution in [0, 0.1) is 6.92 Å². The summed E-state index contributed by atoms with van der Waals surface area (Å²) in [5.74, 6) is -1.21. The van der Waals surface area contributed by atoms with Gasteiger partial charge in [-0.1, -0.05) is 19.9 Å². The quantitative estimate of drug-likeness (QED) is 0.675. The van der Waals surface area contributed by atoms with Gasteiger partial charge in [-0.25, -0.2) is 13.2 Å². The number of hydrogen-bond donors (Lipinski definition) is 1. The molecule has 0 radical (unpaired) electrons. The molecule has 1 aromatic carbocycles. The van der Waals surface area contributed by atoms with Gasteiger partial charge in [0.2, 0.25) is 10.0 Å². The van der Waals surface area contributed by atoms with Gasteiger partial charge in [0.05, 0.1) is 10.5 Å². The van der Waals surface area contributed by atoms with Gasteiger partial charge >= 0.3 is 5.97 Å². The number of carbonyl (C=O) groups excluding carboxylic acids is 2. The summed E-state index contributed by atoms with van der Waals surface area (Å²) in [7, 11) is -3.65. The van der Waals surface area contributed by atoms with E-state index in [1.54, 1.807) is 26.8 Å². The lowest BCUT2D eigenvalue weighted by molar-refractivity contribution is -0.119. The second-order valence-electron chi connectivity index (χ2n) is 5.93. The molecule has 8 nitrogen and oxygen atoms in total. The Morgan fingerprint density at radius 2 is 1.75 bits per heavy atom. The smallest absolute Gasteiger partial charge is 0.338 e. The Kier molecular flexibility index (Phi) is 7.24. The van der Waals surface area contributed by atoms with E-state index in [1.807, 2.05) is 0 Å². The van der Waals surface area contributed by atoms with Gasteiger partial charge < -0.3 is 10.1 Å². The summed E-state index contributed by atoms with van der Waals surface area (Å²) >= 11 is 0. The third-order valence-corrected chi connectivity index (χ3v) is 6.12. The van der Waals surface area contributed by atoms with Crippen molar-refractivity contribution in [1.29, 1.82) is 0 Å². The molecule has 0 spiro atoms. The fourth-order valence-corrected chi connectivity index (χ4v) is 3.98. The van der Waals surface area contributed by atoms with Crippen LogP contribution in [0.2, 0.25) is 0 Å².